The Kier molecular flexibility index (Phi) is 3.36. The molecule has 0 heterocycles. The summed E-state index contributed by atoms with van der Waals surface area (Å²) in [6, 6.07) is 8.03. The summed E-state index contributed by atoms with van der Waals surface area (Å²) >= 11 is 5.34. The molecule has 1 rings (SSSR count). The van der Waals surface area contributed by atoms with Gasteiger partial charge in [-0.1, -0.05) is 24.3 Å². The van der Waals surface area contributed by atoms with Crippen LogP contribution in [0.1, 0.15) is 11.1 Å². The van der Waals surface area contributed by atoms with Crippen LogP contribution in [0.2, 0.25) is 0 Å². The molecular weight excluding hydrogens is 160 g/mol. The molecule has 1 aromatic carbocycles. The zero-order valence-electron chi connectivity index (χ0n) is 6.18. The van der Waals surface area contributed by atoms with Gasteiger partial charge in [-0.05, 0) is 22.9 Å². The lowest BCUT2D eigenvalue weighted by atomic mass is 10.1. The smallest absolute Gasteiger partial charge is 0.0359 e. The molecule has 0 saturated carbocycles. The van der Waals surface area contributed by atoms with E-state index in [4.69, 9.17) is 17.5 Å². The molecule has 0 fully saturated rings. The molecule has 3 N–H and O–H groups in total. The Labute approximate surface area is 71.5 Å². The van der Waals surface area contributed by atoms with E-state index < -0.39 is 0 Å². The van der Waals surface area contributed by atoms with Gasteiger partial charge in [0.2, 0.25) is 0 Å². The summed E-state index contributed by atoms with van der Waals surface area (Å²) in [7, 11) is 0. The van der Waals surface area contributed by atoms with Crippen LogP contribution in [-0.4, -0.2) is 0 Å². The van der Waals surface area contributed by atoms with Crippen molar-refractivity contribution in [3.05, 3.63) is 35.4 Å². The highest BCUT2D eigenvalue weighted by Crippen LogP contribution is 2.03. The lowest BCUT2D eigenvalue weighted by Crippen LogP contribution is -1.99. The van der Waals surface area contributed by atoms with Gasteiger partial charge in [0.15, 0.2) is 0 Å². The largest absolute Gasteiger partial charge is 0.326 e. The predicted octanol–water partition coefficient (Wildman–Crippen LogP) is 1.39. The van der Waals surface area contributed by atoms with Crippen LogP contribution < -0.4 is 10.6 Å². The van der Waals surface area contributed by atoms with Crippen molar-refractivity contribution in [3.63, 3.8) is 0 Å². The van der Waals surface area contributed by atoms with E-state index in [2.05, 4.69) is 4.84 Å². The molecule has 0 bridgehead atoms. The molecule has 0 unspecified atom stereocenters. The van der Waals surface area contributed by atoms with E-state index >= 15 is 0 Å². The van der Waals surface area contributed by atoms with Crippen LogP contribution >= 0.6 is 11.8 Å². The molecule has 60 valence electrons. The number of benzene rings is 1. The summed E-state index contributed by atoms with van der Waals surface area (Å²) in [4.78, 5) is 2.56. The zero-order valence-corrected chi connectivity index (χ0v) is 6.93. The number of hydrogen-bond acceptors (Lipinski definition) is 2. The summed E-state index contributed by atoms with van der Waals surface area (Å²) in [6.45, 7) is 1.28. The van der Waals surface area contributed by atoms with Gasteiger partial charge in [0.05, 0.1) is 0 Å². The van der Waals surface area contributed by atoms with Crippen LogP contribution in [0.4, 0.5) is 0 Å². The summed E-state index contributed by atoms with van der Waals surface area (Å²) in [6.07, 6.45) is 0. The summed E-state index contributed by atoms with van der Waals surface area (Å²) in [5.74, 6) is 0. The van der Waals surface area contributed by atoms with Crippen LogP contribution in [0.5, 0.6) is 0 Å². The average molecular weight is 171 g/mol. The van der Waals surface area contributed by atoms with Crippen LogP contribution in [0.25, 0.3) is 0 Å². The van der Waals surface area contributed by atoms with E-state index in [1.807, 2.05) is 24.3 Å². The molecule has 2 nitrogen and oxygen atoms in total. The Morgan fingerprint density at radius 3 is 2.18 bits per heavy atom. The van der Waals surface area contributed by atoms with Gasteiger partial charge in [-0.3, -0.25) is 0 Å². The Hall–Kier alpha value is -0.570. The van der Waals surface area contributed by atoms with Crippen molar-refractivity contribution in [3.8, 4) is 0 Å². The topological polar surface area (TPSA) is 38.0 Å². The van der Waals surface area contributed by atoms with Gasteiger partial charge in [-0.15, -0.1) is 0 Å². The second kappa shape index (κ2) is 4.34. The van der Waals surface area contributed by atoms with Gasteiger partial charge in [0.1, 0.15) is 0 Å². The van der Waals surface area contributed by atoms with Gasteiger partial charge < -0.3 is 5.73 Å². The standard InChI is InChI=1S/C8H11ClN2/c9-11-6-8-3-1-7(5-10)2-4-8/h1-4,11H,5-6,10H2. The van der Waals surface area contributed by atoms with Gasteiger partial charge in [-0.25, -0.2) is 4.84 Å². The fraction of sp³-hybridized carbons (Fsp3) is 0.250. The molecule has 0 saturated heterocycles. The number of nitrogens with two attached hydrogens (primary N) is 1. The minimum Gasteiger partial charge on any atom is -0.326 e. The number of rotatable bonds is 3. The maximum Gasteiger partial charge on any atom is 0.0359 e. The van der Waals surface area contributed by atoms with E-state index in [1.165, 1.54) is 0 Å². The molecule has 1 aromatic rings. The second-order valence-electron chi connectivity index (χ2n) is 2.33. The molecule has 11 heavy (non-hydrogen) atoms. The van der Waals surface area contributed by atoms with E-state index in [0.29, 0.717) is 13.1 Å². The molecular formula is C8H11ClN2. The van der Waals surface area contributed by atoms with Gasteiger partial charge in [-0.2, -0.15) is 0 Å². The van der Waals surface area contributed by atoms with E-state index in [9.17, 15) is 0 Å². The van der Waals surface area contributed by atoms with Gasteiger partial charge >= 0.3 is 0 Å². The van der Waals surface area contributed by atoms with Crippen LogP contribution in [-0.2, 0) is 13.1 Å². The highest BCUT2D eigenvalue weighted by molar-refractivity contribution is 6.13. The first-order valence-electron chi connectivity index (χ1n) is 3.48. The normalized spacial score (nSPS) is 10.0. The summed E-state index contributed by atoms with van der Waals surface area (Å²) in [5, 5.41) is 0. The van der Waals surface area contributed by atoms with Crippen molar-refractivity contribution in [2.24, 2.45) is 5.73 Å². The van der Waals surface area contributed by atoms with E-state index in [-0.39, 0.29) is 0 Å². The third kappa shape index (κ3) is 2.50. The third-order valence-corrected chi connectivity index (χ3v) is 1.66. The fourth-order valence-electron chi connectivity index (χ4n) is 0.870. The van der Waals surface area contributed by atoms with Crippen molar-refractivity contribution in [1.82, 2.24) is 4.84 Å². The minimum atomic E-state index is 0.592. The summed E-state index contributed by atoms with van der Waals surface area (Å²) in [5.41, 5.74) is 7.74. The van der Waals surface area contributed by atoms with Gasteiger partial charge in [0.25, 0.3) is 0 Å². The highest BCUT2D eigenvalue weighted by Gasteiger charge is 1.90. The molecule has 0 spiro atoms. The van der Waals surface area contributed by atoms with Crippen molar-refractivity contribution in [1.29, 1.82) is 0 Å². The second-order valence-corrected chi connectivity index (χ2v) is 2.60. The first kappa shape index (κ1) is 8.53. The van der Waals surface area contributed by atoms with Crippen LogP contribution in [0.3, 0.4) is 0 Å². The number of nitrogens with one attached hydrogen (secondary N) is 1. The minimum absolute atomic E-state index is 0.592. The highest BCUT2D eigenvalue weighted by atomic mass is 35.5. The molecule has 0 aliphatic rings. The maximum absolute atomic E-state index is 5.43. The third-order valence-electron chi connectivity index (χ3n) is 1.53. The van der Waals surface area contributed by atoms with Crippen molar-refractivity contribution in [2.75, 3.05) is 0 Å². The monoisotopic (exact) mass is 170 g/mol. The molecule has 0 atom stereocenters. The Morgan fingerprint density at radius 1 is 1.18 bits per heavy atom. The lowest BCUT2D eigenvalue weighted by molar-refractivity contribution is 0.958. The molecule has 0 aliphatic carbocycles. The van der Waals surface area contributed by atoms with E-state index in [1.54, 1.807) is 0 Å². The first-order valence-corrected chi connectivity index (χ1v) is 3.86. The van der Waals surface area contributed by atoms with Crippen molar-refractivity contribution >= 4 is 11.8 Å². The first-order chi connectivity index (χ1) is 5.36. The molecule has 0 amide bonds. The molecule has 0 radical (unpaired) electrons. The Balaban J connectivity index is 2.66. The fourth-order valence-corrected chi connectivity index (χ4v) is 1.02. The zero-order chi connectivity index (χ0) is 8.10. The number of halogens is 1. The van der Waals surface area contributed by atoms with E-state index in [0.717, 1.165) is 11.1 Å². The SMILES string of the molecule is NCc1ccc(CNCl)cc1. The quantitative estimate of drug-likeness (QED) is 0.673. The average Bonchev–Trinajstić information content (AvgIpc) is 2.07. The molecule has 0 aromatic heterocycles. The Morgan fingerprint density at radius 2 is 1.73 bits per heavy atom. The molecule has 0 aliphatic heterocycles. The predicted molar refractivity (Wildman–Crippen MR) is 47.0 cm³/mol. The maximum atomic E-state index is 5.43. The lowest BCUT2D eigenvalue weighted by Gasteiger charge is -1.99. The van der Waals surface area contributed by atoms with Crippen molar-refractivity contribution in [2.45, 2.75) is 13.1 Å². The van der Waals surface area contributed by atoms with Crippen LogP contribution in [0.15, 0.2) is 24.3 Å². The molecule has 3 heteroatoms. The van der Waals surface area contributed by atoms with Crippen LogP contribution in [0, 0.1) is 0 Å². The van der Waals surface area contributed by atoms with Gasteiger partial charge in [0, 0.05) is 13.1 Å². The number of hydrogen-bond donors (Lipinski definition) is 2. The Bertz CT molecular complexity index is 208. The summed E-state index contributed by atoms with van der Waals surface area (Å²) < 4.78 is 0. The van der Waals surface area contributed by atoms with Crippen molar-refractivity contribution < 1.29 is 0 Å².